The maximum absolute atomic E-state index is 12.8. The summed E-state index contributed by atoms with van der Waals surface area (Å²) in [6.45, 7) is 10.8. The number of Topliss-reactive ketones (excluding diaryl/α,β-unsaturated/α-hetero) is 1. The van der Waals surface area contributed by atoms with Crippen LogP contribution in [0.5, 0.6) is 0 Å². The van der Waals surface area contributed by atoms with Crippen LogP contribution in [0, 0.1) is 40.6 Å². The number of nitrogens with one attached hydrogen (secondary N) is 2. The number of aliphatic carboxylic acids is 1. The van der Waals surface area contributed by atoms with Gasteiger partial charge in [-0.3, -0.25) is 19.2 Å². The van der Waals surface area contributed by atoms with Crippen molar-refractivity contribution in [3.8, 4) is 6.07 Å². The predicted octanol–water partition coefficient (Wildman–Crippen LogP) is 9.66. The Bertz CT molecular complexity index is 1950. The number of ether oxygens (including phenoxy) is 3. The zero-order valence-corrected chi connectivity index (χ0v) is 38.1. The molecule has 5 N–H and O–H groups in total. The lowest BCUT2D eigenvalue weighted by Gasteiger charge is -2.19. The first-order valence-corrected chi connectivity index (χ1v) is 21.8. The molecule has 0 amide bonds. The third-order valence-corrected chi connectivity index (χ3v) is 9.77. The molecular formula is C51H73F3N4O9. The van der Waals surface area contributed by atoms with Gasteiger partial charge < -0.3 is 35.7 Å². The van der Waals surface area contributed by atoms with E-state index in [0.29, 0.717) is 52.3 Å². The maximum Gasteiger partial charge on any atom is 0.335 e. The molecule has 3 unspecified atom stereocenters. The largest absolute Gasteiger partial charge is 0.481 e. The van der Waals surface area contributed by atoms with Gasteiger partial charge in [0.1, 0.15) is 29.2 Å². The van der Waals surface area contributed by atoms with Gasteiger partial charge in [0.2, 0.25) is 0 Å². The van der Waals surface area contributed by atoms with E-state index in [1.165, 1.54) is 43.3 Å². The maximum atomic E-state index is 12.8. The molecule has 3 aromatic rings. The van der Waals surface area contributed by atoms with Crippen LogP contribution in [-0.4, -0.2) is 60.6 Å². The molecule has 3 atom stereocenters. The number of allylic oxidation sites excluding steroid dienone is 1. The molecule has 372 valence electrons. The highest BCUT2D eigenvalue weighted by Crippen LogP contribution is 2.28. The van der Waals surface area contributed by atoms with E-state index >= 15 is 0 Å². The van der Waals surface area contributed by atoms with Gasteiger partial charge in [0.25, 0.3) is 5.97 Å². The number of carbonyl (C=O) groups excluding carboxylic acids is 4. The van der Waals surface area contributed by atoms with Crippen molar-refractivity contribution in [3.63, 3.8) is 0 Å². The summed E-state index contributed by atoms with van der Waals surface area (Å²) in [5.41, 5.74) is 9.96. The lowest BCUT2D eigenvalue weighted by Crippen LogP contribution is -2.36. The molecule has 0 spiro atoms. The Balaban J connectivity index is 0. The summed E-state index contributed by atoms with van der Waals surface area (Å²) in [6, 6.07) is 20.9. The third-order valence-electron chi connectivity index (χ3n) is 9.77. The second-order valence-corrected chi connectivity index (χ2v) is 14.7. The van der Waals surface area contributed by atoms with E-state index in [1.54, 1.807) is 56.3 Å². The van der Waals surface area contributed by atoms with Crippen molar-refractivity contribution in [2.45, 2.75) is 133 Å². The summed E-state index contributed by atoms with van der Waals surface area (Å²) in [4.78, 5) is 54.5. The zero-order valence-electron chi connectivity index (χ0n) is 38.1. The van der Waals surface area contributed by atoms with Gasteiger partial charge in [0, 0.05) is 51.6 Å². The molecule has 0 heterocycles. The minimum atomic E-state index is -0.833. The lowest BCUT2D eigenvalue weighted by atomic mass is 10.0. The van der Waals surface area contributed by atoms with E-state index in [0.717, 1.165) is 79.8 Å². The number of benzene rings is 3. The summed E-state index contributed by atoms with van der Waals surface area (Å²) < 4.78 is 52.6. The van der Waals surface area contributed by atoms with Crippen molar-refractivity contribution in [1.82, 2.24) is 10.6 Å². The number of nitrogens with two attached hydrogens (primary N) is 1. The summed E-state index contributed by atoms with van der Waals surface area (Å²) in [5, 5.41) is 21.4. The molecule has 16 heteroatoms. The zero-order chi connectivity index (χ0) is 48.6. The molecule has 0 radical (unpaired) electrons. The van der Waals surface area contributed by atoms with Crippen LogP contribution in [0.15, 0.2) is 84.1 Å². The molecule has 3 aliphatic carbocycles. The fourth-order valence-corrected chi connectivity index (χ4v) is 6.71. The number of nitriles is 1. The van der Waals surface area contributed by atoms with Gasteiger partial charge in [-0.25, -0.2) is 18.0 Å². The first-order chi connectivity index (χ1) is 31.1. The number of rotatable bonds is 13. The van der Waals surface area contributed by atoms with Gasteiger partial charge in [0.15, 0.2) is 0 Å². The van der Waals surface area contributed by atoms with Gasteiger partial charge in [-0.05, 0) is 119 Å². The Kier molecular flexibility index (Phi) is 34.9. The lowest BCUT2D eigenvalue weighted by molar-refractivity contribution is -0.151. The van der Waals surface area contributed by atoms with Crippen molar-refractivity contribution in [3.05, 3.63) is 118 Å². The Morgan fingerprint density at radius 3 is 1.61 bits per heavy atom. The van der Waals surface area contributed by atoms with E-state index in [-0.39, 0.29) is 68.0 Å². The average Bonchev–Trinajstić information content (AvgIpc) is 4.07. The number of ketones is 1. The normalized spacial score (nSPS) is 16.2. The van der Waals surface area contributed by atoms with Crippen LogP contribution in [0.3, 0.4) is 0 Å². The van der Waals surface area contributed by atoms with Gasteiger partial charge in [0.05, 0.1) is 37.4 Å². The Morgan fingerprint density at radius 2 is 1.16 bits per heavy atom. The number of nitrogens with zero attached hydrogens (tertiary/aromatic N) is 1. The molecule has 0 aromatic heterocycles. The number of carboxylic acid groups (broad SMARTS) is 1. The number of hydrogen-bond acceptors (Lipinski definition) is 12. The summed E-state index contributed by atoms with van der Waals surface area (Å²) in [5.74, 6) is -2.62. The van der Waals surface area contributed by atoms with Crippen LogP contribution in [0.2, 0.25) is 0 Å². The van der Waals surface area contributed by atoms with E-state index in [1.807, 2.05) is 6.92 Å². The first-order valence-electron chi connectivity index (χ1n) is 21.8. The smallest absolute Gasteiger partial charge is 0.335 e. The van der Waals surface area contributed by atoms with Crippen LogP contribution in [0.25, 0.3) is 0 Å². The molecule has 3 aliphatic rings. The molecule has 2 fully saturated rings. The van der Waals surface area contributed by atoms with Gasteiger partial charge in [-0.1, -0.05) is 57.7 Å². The molecule has 6 rings (SSSR count). The Hall–Kier alpha value is -6.05. The van der Waals surface area contributed by atoms with Crippen LogP contribution < -0.4 is 16.4 Å². The third kappa shape index (κ3) is 26.6. The Morgan fingerprint density at radius 1 is 0.701 bits per heavy atom. The van der Waals surface area contributed by atoms with Crippen molar-refractivity contribution in [2.24, 2.45) is 17.6 Å². The van der Waals surface area contributed by atoms with Crippen molar-refractivity contribution in [1.29, 1.82) is 5.26 Å². The molecule has 0 aliphatic heterocycles. The number of carbonyl (C=O) groups is 5. The Labute approximate surface area is 395 Å². The van der Waals surface area contributed by atoms with Gasteiger partial charge in [-0.2, -0.15) is 5.26 Å². The number of hydrogen-bond donors (Lipinski definition) is 4. The fraction of sp³-hybridized carbons (Fsp3) is 0.490. The standard InChI is InChI=1S/C15H20FNO2.C15H18FNO2.C8H12O3.C7H8FN.C2H3N.C2H4O2.2CH4/c2*1-2-19-15(18)13-4-3-5-14(13)17-10-11-6-8-12(16)9-7-11;1-2-11-8(10)6-4-3-5-7(6)9;8-7-3-1-6(5-9)2-4-7;1-2-3;1-2(3)4;;/h6-9,13-14,17H,2-5,10H2,1H3;6-9,17H,2-5,10H2,1H3;6H,2-5H2,1H3;1-4H,5,9H2;1H3;1H3,(H,3,4);2*1H4. The number of esters is 3. The quantitative estimate of drug-likeness (QED) is 0.0716. The van der Waals surface area contributed by atoms with E-state index in [9.17, 15) is 32.3 Å². The number of carboxylic acids is 1. The molecule has 67 heavy (non-hydrogen) atoms. The van der Waals surface area contributed by atoms with E-state index in [4.69, 9.17) is 35.1 Å². The molecule has 0 saturated heterocycles. The van der Waals surface area contributed by atoms with Gasteiger partial charge in [-0.15, -0.1) is 0 Å². The van der Waals surface area contributed by atoms with Gasteiger partial charge >= 0.3 is 17.9 Å². The van der Waals surface area contributed by atoms with Crippen LogP contribution >= 0.6 is 0 Å². The fourth-order valence-electron chi connectivity index (χ4n) is 6.71. The number of halogens is 3. The monoisotopic (exact) mass is 943 g/mol. The minimum Gasteiger partial charge on any atom is -0.481 e. The summed E-state index contributed by atoms with van der Waals surface area (Å²) >= 11 is 0. The summed E-state index contributed by atoms with van der Waals surface area (Å²) in [6.07, 6.45) is 7.60. The molecule has 3 aromatic carbocycles. The molecule has 2 saturated carbocycles. The van der Waals surface area contributed by atoms with Crippen LogP contribution in [0.4, 0.5) is 13.2 Å². The molecular weight excluding hydrogens is 870 g/mol. The highest BCUT2D eigenvalue weighted by Gasteiger charge is 2.34. The second kappa shape index (κ2) is 37.1. The second-order valence-electron chi connectivity index (χ2n) is 14.7. The highest BCUT2D eigenvalue weighted by atomic mass is 19.1. The highest BCUT2D eigenvalue weighted by molar-refractivity contribution is 6.00. The van der Waals surface area contributed by atoms with E-state index < -0.39 is 11.9 Å². The molecule has 13 nitrogen and oxygen atoms in total. The van der Waals surface area contributed by atoms with Crippen molar-refractivity contribution in [2.75, 3.05) is 19.8 Å². The van der Waals surface area contributed by atoms with Crippen LogP contribution in [0.1, 0.15) is 124 Å². The molecule has 0 bridgehead atoms. The summed E-state index contributed by atoms with van der Waals surface area (Å²) in [7, 11) is 0. The topological polar surface area (TPSA) is 207 Å². The minimum absolute atomic E-state index is 0. The first kappa shape index (κ1) is 63.0. The predicted molar refractivity (Wildman–Crippen MR) is 253 cm³/mol. The van der Waals surface area contributed by atoms with Crippen molar-refractivity contribution >= 4 is 29.7 Å². The van der Waals surface area contributed by atoms with E-state index in [2.05, 4.69) is 10.6 Å². The SMILES string of the molecule is C.C.CC#N.CC(=O)O.CCOC(=O)C1=C(NCc2ccc(F)cc2)CCC1.CCOC(=O)C1CCCC1=O.CCOC(=O)C1CCCC1NCc1ccc(F)cc1.NCc1ccc(F)cc1. The van der Waals surface area contributed by atoms with Crippen LogP contribution in [-0.2, 0) is 57.8 Å². The van der Waals surface area contributed by atoms with Crippen molar-refractivity contribution < 1.29 is 56.5 Å². The average molecular weight is 943 g/mol.